The number of aliphatic imine (C=N–C) groups is 1. The van der Waals surface area contributed by atoms with E-state index in [1.165, 1.54) is 31.5 Å². The van der Waals surface area contributed by atoms with Crippen LogP contribution in [0.3, 0.4) is 0 Å². The molecule has 0 aromatic carbocycles. The Morgan fingerprint density at radius 2 is 1.71 bits per heavy atom. The van der Waals surface area contributed by atoms with Gasteiger partial charge in [0.05, 0.1) is 11.9 Å². The Morgan fingerprint density at radius 1 is 1.03 bits per heavy atom. The minimum atomic E-state index is 0.538. The number of thioether (sulfide) groups is 1. The maximum atomic E-state index is 4.46. The molecule has 0 bridgehead atoms. The van der Waals surface area contributed by atoms with E-state index in [1.807, 2.05) is 26.2 Å². The lowest BCUT2D eigenvalue weighted by atomic mass is 9.74. The molecule has 2 aromatic heterocycles. The number of nitrogens with zero attached hydrogens (tertiary/aromatic N) is 5. The number of hydrogen-bond donors (Lipinski definition) is 1. The van der Waals surface area contributed by atoms with Crippen LogP contribution in [0.1, 0.15) is 32.3 Å². The summed E-state index contributed by atoms with van der Waals surface area (Å²) in [6.45, 7) is 16.6. The molecule has 0 radical (unpaired) electrons. The summed E-state index contributed by atoms with van der Waals surface area (Å²) in [5, 5.41) is 3.34. The molecule has 3 fully saturated rings. The molecule has 0 atom stereocenters. The first-order valence-electron chi connectivity index (χ1n) is 11.3. The van der Waals surface area contributed by atoms with Gasteiger partial charge in [0, 0.05) is 55.8 Å². The van der Waals surface area contributed by atoms with Crippen molar-refractivity contribution in [2.45, 2.75) is 38.5 Å². The van der Waals surface area contributed by atoms with Gasteiger partial charge in [-0.1, -0.05) is 19.9 Å². The molecule has 5 heterocycles. The molecule has 31 heavy (non-hydrogen) atoms. The van der Waals surface area contributed by atoms with Crippen LogP contribution >= 0.6 is 11.8 Å². The van der Waals surface area contributed by atoms with E-state index in [-0.39, 0.29) is 0 Å². The smallest absolute Gasteiger partial charge is 0.129 e. The SMILES string of the molecule is C=Nc1cnc(N2CC3(CNC3)C2)cc1SC.CC.Cc1ccc(N2CCCC2)nc1. The predicted octanol–water partition coefficient (Wildman–Crippen LogP) is 4.56. The second-order valence-corrected chi connectivity index (χ2v) is 9.07. The van der Waals surface area contributed by atoms with Gasteiger partial charge in [-0.15, -0.1) is 11.8 Å². The Kier molecular flexibility index (Phi) is 8.32. The van der Waals surface area contributed by atoms with Gasteiger partial charge in [-0.3, -0.25) is 4.99 Å². The number of aryl methyl sites for hydroxylation is 1. The van der Waals surface area contributed by atoms with Crippen molar-refractivity contribution in [3.63, 3.8) is 0 Å². The standard InChI is InChI=1S/C12H16N4S.C10H14N2.C2H6/c1-13-9-4-15-11(3-10(9)17-2)16-7-12(8-16)5-14-6-12;1-9-4-5-10(11-8-9)12-6-2-3-7-12;1-2/h3-4,14H,1,5-8H2,2H3;4-5,8H,2-3,6-7H2,1H3;1-2H3. The van der Waals surface area contributed by atoms with E-state index in [0.29, 0.717) is 5.41 Å². The fourth-order valence-corrected chi connectivity index (χ4v) is 4.65. The van der Waals surface area contributed by atoms with Crippen molar-refractivity contribution >= 4 is 35.8 Å². The van der Waals surface area contributed by atoms with Gasteiger partial charge in [-0.2, -0.15) is 0 Å². The average molecular weight is 441 g/mol. The average Bonchev–Trinajstić information content (AvgIpc) is 3.29. The highest BCUT2D eigenvalue weighted by Crippen LogP contribution is 2.38. The molecule has 0 unspecified atom stereocenters. The molecule has 3 saturated heterocycles. The third-order valence-electron chi connectivity index (χ3n) is 5.92. The minimum absolute atomic E-state index is 0.538. The topological polar surface area (TPSA) is 56.7 Å². The zero-order chi connectivity index (χ0) is 22.3. The predicted molar refractivity (Wildman–Crippen MR) is 135 cm³/mol. The number of nitrogens with one attached hydrogen (secondary N) is 1. The van der Waals surface area contributed by atoms with Crippen molar-refractivity contribution in [2.24, 2.45) is 10.4 Å². The Hall–Kier alpha value is -2.12. The third kappa shape index (κ3) is 5.57. The normalized spacial score (nSPS) is 18.2. The molecule has 3 aliphatic heterocycles. The minimum Gasteiger partial charge on any atom is -0.357 e. The molecular formula is C24H36N6S. The fourth-order valence-electron chi connectivity index (χ4n) is 4.10. The molecule has 1 spiro atoms. The lowest BCUT2D eigenvalue weighted by molar-refractivity contribution is 0.120. The highest BCUT2D eigenvalue weighted by molar-refractivity contribution is 7.98. The lowest BCUT2D eigenvalue weighted by Crippen LogP contribution is -2.71. The quantitative estimate of drug-likeness (QED) is 0.556. The maximum Gasteiger partial charge on any atom is 0.129 e. The van der Waals surface area contributed by atoms with Crippen molar-refractivity contribution in [1.29, 1.82) is 0 Å². The summed E-state index contributed by atoms with van der Waals surface area (Å²) in [6, 6.07) is 6.36. The van der Waals surface area contributed by atoms with Crippen molar-refractivity contribution < 1.29 is 0 Å². The number of pyridine rings is 2. The van der Waals surface area contributed by atoms with E-state index in [1.54, 1.807) is 11.8 Å². The summed E-state index contributed by atoms with van der Waals surface area (Å²) in [5.74, 6) is 2.21. The van der Waals surface area contributed by atoms with Crippen LogP contribution in [0.4, 0.5) is 17.3 Å². The molecular weight excluding hydrogens is 404 g/mol. The van der Waals surface area contributed by atoms with E-state index >= 15 is 0 Å². The third-order valence-corrected chi connectivity index (χ3v) is 6.69. The van der Waals surface area contributed by atoms with Crippen LogP contribution in [0.25, 0.3) is 0 Å². The van der Waals surface area contributed by atoms with Crippen molar-refractivity contribution in [2.75, 3.05) is 55.3 Å². The first-order chi connectivity index (χ1) is 15.1. The van der Waals surface area contributed by atoms with E-state index in [9.17, 15) is 0 Å². The second kappa shape index (κ2) is 11.0. The fraction of sp³-hybridized carbons (Fsp3) is 0.542. The first kappa shape index (κ1) is 23.5. The molecule has 3 aliphatic rings. The van der Waals surface area contributed by atoms with E-state index < -0.39 is 0 Å². The summed E-state index contributed by atoms with van der Waals surface area (Å²) in [4.78, 5) is 18.7. The summed E-state index contributed by atoms with van der Waals surface area (Å²) in [5.41, 5.74) is 2.65. The summed E-state index contributed by atoms with van der Waals surface area (Å²) < 4.78 is 0. The van der Waals surface area contributed by atoms with Crippen molar-refractivity contribution in [3.05, 3.63) is 36.2 Å². The van der Waals surface area contributed by atoms with Gasteiger partial charge in [-0.25, -0.2) is 9.97 Å². The second-order valence-electron chi connectivity index (χ2n) is 8.22. The van der Waals surface area contributed by atoms with E-state index in [0.717, 1.165) is 48.4 Å². The Balaban J connectivity index is 0.000000171. The van der Waals surface area contributed by atoms with Crippen LogP contribution in [0, 0.1) is 12.3 Å². The Bertz CT molecular complexity index is 836. The zero-order valence-corrected chi connectivity index (χ0v) is 20.2. The lowest BCUT2D eigenvalue weighted by Gasteiger charge is -2.56. The Morgan fingerprint density at radius 3 is 2.23 bits per heavy atom. The number of hydrogen-bond acceptors (Lipinski definition) is 7. The summed E-state index contributed by atoms with van der Waals surface area (Å²) in [6.07, 6.45) is 8.44. The molecule has 1 N–H and O–H groups in total. The van der Waals surface area contributed by atoms with Crippen molar-refractivity contribution in [1.82, 2.24) is 15.3 Å². The number of anilines is 2. The zero-order valence-electron chi connectivity index (χ0n) is 19.4. The van der Waals surface area contributed by atoms with Gasteiger partial charge in [-0.05, 0) is 50.4 Å². The van der Waals surface area contributed by atoms with Crippen molar-refractivity contribution in [3.8, 4) is 0 Å². The maximum absolute atomic E-state index is 4.46. The molecule has 168 valence electrons. The Labute approximate surface area is 191 Å². The molecule has 7 heteroatoms. The molecule has 0 amide bonds. The summed E-state index contributed by atoms with van der Waals surface area (Å²) >= 11 is 1.69. The van der Waals surface area contributed by atoms with Crippen LogP contribution < -0.4 is 15.1 Å². The summed E-state index contributed by atoms with van der Waals surface area (Å²) in [7, 11) is 0. The van der Waals surface area contributed by atoms with Gasteiger partial charge in [0.2, 0.25) is 0 Å². The van der Waals surface area contributed by atoms with Crippen LogP contribution in [-0.2, 0) is 0 Å². The highest BCUT2D eigenvalue weighted by Gasteiger charge is 2.47. The molecule has 0 aliphatic carbocycles. The first-order valence-corrected chi connectivity index (χ1v) is 12.5. The molecule has 0 saturated carbocycles. The monoisotopic (exact) mass is 440 g/mol. The molecule has 2 aromatic rings. The van der Waals surface area contributed by atoms with E-state index in [2.05, 4.69) is 68.2 Å². The van der Waals surface area contributed by atoms with Gasteiger partial charge in [0.1, 0.15) is 11.6 Å². The van der Waals surface area contributed by atoms with Crippen LogP contribution in [0.5, 0.6) is 0 Å². The van der Waals surface area contributed by atoms with Gasteiger partial charge < -0.3 is 15.1 Å². The van der Waals surface area contributed by atoms with Crippen LogP contribution in [-0.4, -0.2) is 62.2 Å². The number of aromatic nitrogens is 2. The molecule has 5 rings (SSSR count). The number of rotatable bonds is 4. The highest BCUT2D eigenvalue weighted by atomic mass is 32.2. The van der Waals surface area contributed by atoms with Gasteiger partial charge in [0.25, 0.3) is 0 Å². The van der Waals surface area contributed by atoms with Crippen LogP contribution in [0.2, 0.25) is 0 Å². The van der Waals surface area contributed by atoms with Gasteiger partial charge in [0.15, 0.2) is 0 Å². The van der Waals surface area contributed by atoms with Gasteiger partial charge >= 0.3 is 0 Å². The largest absolute Gasteiger partial charge is 0.357 e. The van der Waals surface area contributed by atoms with Crippen LogP contribution in [0.15, 0.2) is 40.5 Å². The molecule has 6 nitrogen and oxygen atoms in total. The van der Waals surface area contributed by atoms with E-state index in [4.69, 9.17) is 0 Å².